The summed E-state index contributed by atoms with van der Waals surface area (Å²) in [6.07, 6.45) is -0.299. The van der Waals surface area contributed by atoms with E-state index in [2.05, 4.69) is 0 Å². The number of rotatable bonds is 4. The number of hydrogen-bond donors (Lipinski definition) is 1. The fourth-order valence-electron chi connectivity index (χ4n) is 1.33. The van der Waals surface area contributed by atoms with Crippen molar-refractivity contribution in [3.05, 3.63) is 16.4 Å². The molecule has 0 saturated heterocycles. The third-order valence-electron chi connectivity index (χ3n) is 2.80. The van der Waals surface area contributed by atoms with Gasteiger partial charge in [0, 0.05) is 11.8 Å². The number of aromatic nitrogens is 1. The monoisotopic (exact) mass is 266 g/mol. The highest BCUT2D eigenvalue weighted by atomic mass is 32.1. The second kappa shape index (κ2) is 4.84. The molecule has 1 aromatic heterocycles. The lowest BCUT2D eigenvalue weighted by Gasteiger charge is -2.28. The molecular weight excluding hydrogens is 249 g/mol. The lowest BCUT2D eigenvalue weighted by Crippen LogP contribution is -2.40. The molecule has 0 aromatic carbocycles. The number of nitrogens with zero attached hydrogens (tertiary/aromatic N) is 1. The third-order valence-corrected chi connectivity index (χ3v) is 4.00. The molecule has 0 atom stereocenters. The Hall–Kier alpha value is -0.780. The summed E-state index contributed by atoms with van der Waals surface area (Å²) >= 11 is 0.862. The summed E-state index contributed by atoms with van der Waals surface area (Å²) < 4.78 is 39.9. The van der Waals surface area contributed by atoms with Crippen LogP contribution in [0.15, 0.2) is 6.20 Å². The second-order valence-electron chi connectivity index (χ2n) is 4.56. The zero-order valence-electron chi connectivity index (χ0n) is 10.2. The van der Waals surface area contributed by atoms with Crippen LogP contribution in [0.1, 0.15) is 39.2 Å². The predicted octanol–water partition coefficient (Wildman–Crippen LogP) is 3.67. The van der Waals surface area contributed by atoms with Gasteiger partial charge >= 0.3 is 6.18 Å². The molecule has 0 unspecified atom stereocenters. The lowest BCUT2D eigenvalue weighted by molar-refractivity contribution is -0.199. The Labute approximate surface area is 103 Å². The van der Waals surface area contributed by atoms with Crippen molar-refractivity contribution in [3.8, 4) is 0 Å². The number of nitrogens with one attached hydrogen (secondary N) is 1. The van der Waals surface area contributed by atoms with Gasteiger partial charge in [0.2, 0.25) is 0 Å². The van der Waals surface area contributed by atoms with Crippen LogP contribution in [-0.4, -0.2) is 10.1 Å². The quantitative estimate of drug-likeness (QED) is 0.861. The Bertz CT molecular complexity index is 429. The van der Waals surface area contributed by atoms with Gasteiger partial charge in [-0.05, 0) is 38.2 Å². The van der Waals surface area contributed by atoms with Gasteiger partial charge in [-0.1, -0.05) is 13.3 Å². The molecule has 1 N–H and O–H groups in total. The molecule has 0 amide bonds. The van der Waals surface area contributed by atoms with Crippen LogP contribution < -0.4 is 4.67 Å². The Morgan fingerprint density at radius 3 is 2.41 bits per heavy atom. The van der Waals surface area contributed by atoms with Gasteiger partial charge in [0.1, 0.15) is 10.2 Å². The molecule has 6 heteroatoms. The van der Waals surface area contributed by atoms with E-state index in [9.17, 15) is 13.2 Å². The molecule has 0 aliphatic heterocycles. The maximum atomic E-state index is 12.8. The van der Waals surface area contributed by atoms with Crippen molar-refractivity contribution in [2.24, 2.45) is 0 Å². The molecule has 0 aliphatic rings. The van der Waals surface area contributed by atoms with Crippen molar-refractivity contribution >= 4 is 11.5 Å². The minimum absolute atomic E-state index is 0.232. The fraction of sp³-hybridized carbons (Fsp3) is 0.727. The van der Waals surface area contributed by atoms with Crippen molar-refractivity contribution in [1.29, 1.82) is 5.41 Å². The third kappa shape index (κ3) is 2.91. The molecule has 17 heavy (non-hydrogen) atoms. The minimum Gasteiger partial charge on any atom is -0.289 e. The lowest BCUT2D eigenvalue weighted by atomic mass is 10.1. The van der Waals surface area contributed by atoms with Crippen LogP contribution in [0.3, 0.4) is 0 Å². The topological polar surface area (TPSA) is 28.8 Å². The molecule has 0 radical (unpaired) electrons. The summed E-state index contributed by atoms with van der Waals surface area (Å²) in [7, 11) is 0. The smallest absolute Gasteiger partial charge is 0.289 e. The zero-order valence-corrected chi connectivity index (χ0v) is 11.0. The molecule has 2 nitrogen and oxygen atoms in total. The Balaban J connectivity index is 3.05. The van der Waals surface area contributed by atoms with E-state index in [0.29, 0.717) is 12.0 Å². The standard InChI is InChI=1S/C11H17F3N2S/c1-4-5-6-8-7-16(17-9(8)15)10(2,3)11(12,13)14/h7,15H,4-6H2,1-3H3. The van der Waals surface area contributed by atoms with Gasteiger partial charge < -0.3 is 0 Å². The van der Waals surface area contributed by atoms with E-state index in [-0.39, 0.29) is 4.67 Å². The van der Waals surface area contributed by atoms with E-state index < -0.39 is 11.7 Å². The van der Waals surface area contributed by atoms with E-state index in [4.69, 9.17) is 5.41 Å². The first-order valence-corrected chi connectivity index (χ1v) is 6.31. The van der Waals surface area contributed by atoms with Crippen LogP contribution in [0.4, 0.5) is 13.2 Å². The van der Waals surface area contributed by atoms with Gasteiger partial charge in [-0.2, -0.15) is 13.2 Å². The van der Waals surface area contributed by atoms with E-state index in [0.717, 1.165) is 42.2 Å². The molecule has 0 aliphatic carbocycles. The highest BCUT2D eigenvalue weighted by molar-refractivity contribution is 7.03. The number of unbranched alkanes of at least 4 members (excludes halogenated alkanes) is 1. The van der Waals surface area contributed by atoms with Crippen LogP contribution in [0.2, 0.25) is 0 Å². The summed E-state index contributed by atoms with van der Waals surface area (Å²) in [6, 6.07) is 0. The molecule has 0 fully saturated rings. The summed E-state index contributed by atoms with van der Waals surface area (Å²) in [5, 5.41) is 7.68. The van der Waals surface area contributed by atoms with E-state index in [1.165, 1.54) is 6.20 Å². The van der Waals surface area contributed by atoms with E-state index in [1.807, 2.05) is 6.92 Å². The van der Waals surface area contributed by atoms with Crippen LogP contribution >= 0.6 is 11.5 Å². The zero-order chi connectivity index (χ0) is 13.3. The Morgan fingerprint density at radius 2 is 1.94 bits per heavy atom. The van der Waals surface area contributed by atoms with Crippen LogP contribution in [-0.2, 0) is 12.0 Å². The second-order valence-corrected chi connectivity index (χ2v) is 5.55. The Morgan fingerprint density at radius 1 is 1.35 bits per heavy atom. The molecule has 0 saturated carbocycles. The summed E-state index contributed by atoms with van der Waals surface area (Å²) in [4.78, 5) is 0. The first kappa shape index (κ1) is 14.3. The van der Waals surface area contributed by atoms with E-state index in [1.54, 1.807) is 0 Å². The number of alkyl halides is 3. The summed E-state index contributed by atoms with van der Waals surface area (Å²) in [5.41, 5.74) is -1.24. The SMILES string of the molecule is CCCCc1cn(C(C)(C)C(F)(F)F)sc1=N. The van der Waals surface area contributed by atoms with E-state index >= 15 is 0 Å². The maximum Gasteiger partial charge on any atom is 0.412 e. The molecule has 1 aromatic rings. The number of hydrogen-bond acceptors (Lipinski definition) is 2. The minimum atomic E-state index is -4.31. The van der Waals surface area contributed by atoms with Crippen molar-refractivity contribution in [3.63, 3.8) is 0 Å². The molecule has 1 rings (SSSR count). The average Bonchev–Trinajstić information content (AvgIpc) is 2.55. The molecular formula is C11H17F3N2S. The number of halogens is 3. The average molecular weight is 266 g/mol. The van der Waals surface area contributed by atoms with Crippen LogP contribution in [0.5, 0.6) is 0 Å². The van der Waals surface area contributed by atoms with Gasteiger partial charge in [0.05, 0.1) is 0 Å². The summed E-state index contributed by atoms with van der Waals surface area (Å²) in [5.74, 6) is 0. The summed E-state index contributed by atoms with van der Waals surface area (Å²) in [6.45, 7) is 4.28. The largest absolute Gasteiger partial charge is 0.412 e. The molecule has 0 spiro atoms. The molecule has 98 valence electrons. The van der Waals surface area contributed by atoms with Crippen molar-refractivity contribution in [2.75, 3.05) is 0 Å². The maximum absolute atomic E-state index is 12.8. The van der Waals surface area contributed by atoms with Crippen molar-refractivity contribution in [2.45, 2.75) is 51.7 Å². The highest BCUT2D eigenvalue weighted by Gasteiger charge is 2.49. The molecule has 0 bridgehead atoms. The molecule has 1 heterocycles. The van der Waals surface area contributed by atoms with Gasteiger partial charge in [-0.15, -0.1) is 0 Å². The first-order chi connectivity index (χ1) is 7.70. The van der Waals surface area contributed by atoms with Crippen molar-refractivity contribution in [1.82, 2.24) is 3.96 Å². The van der Waals surface area contributed by atoms with Gasteiger partial charge in [-0.25, -0.2) is 0 Å². The van der Waals surface area contributed by atoms with Crippen LogP contribution in [0.25, 0.3) is 0 Å². The number of aryl methyl sites for hydroxylation is 1. The van der Waals surface area contributed by atoms with Crippen LogP contribution in [0, 0.1) is 5.41 Å². The Kier molecular flexibility index (Phi) is 4.06. The van der Waals surface area contributed by atoms with Gasteiger partial charge in [0.15, 0.2) is 0 Å². The van der Waals surface area contributed by atoms with Crippen molar-refractivity contribution < 1.29 is 13.2 Å². The normalized spacial score (nSPS) is 13.1. The fourth-order valence-corrected chi connectivity index (χ4v) is 2.31. The van der Waals surface area contributed by atoms with Gasteiger partial charge in [0.25, 0.3) is 0 Å². The highest BCUT2D eigenvalue weighted by Crippen LogP contribution is 2.36. The van der Waals surface area contributed by atoms with Gasteiger partial charge in [-0.3, -0.25) is 9.37 Å². The first-order valence-electron chi connectivity index (χ1n) is 5.53. The predicted molar refractivity (Wildman–Crippen MR) is 62.2 cm³/mol.